The Kier molecular flexibility index (Phi) is 19.5. The van der Waals surface area contributed by atoms with E-state index in [1.54, 1.807) is 0 Å². The van der Waals surface area contributed by atoms with Crippen molar-refractivity contribution < 1.29 is 0 Å². The van der Waals surface area contributed by atoms with Crippen molar-refractivity contribution in [1.82, 2.24) is 0 Å². The van der Waals surface area contributed by atoms with Crippen molar-refractivity contribution in [2.45, 2.75) is 39.5 Å². The van der Waals surface area contributed by atoms with Crippen molar-refractivity contribution in [3.8, 4) is 0 Å². The average molecular weight is 128 g/mol. The third-order valence-corrected chi connectivity index (χ3v) is 0.957. The highest BCUT2D eigenvalue weighted by atomic mass is 14.4. The molecule has 2 N–H and O–H groups in total. The minimum absolute atomic E-state index is 1.25. The first-order chi connectivity index (χ1) is 4.33. The Morgan fingerprint density at radius 1 is 1.00 bits per heavy atom. The van der Waals surface area contributed by atoms with E-state index in [4.69, 9.17) is 10.8 Å². The molecular weight excluding hydrogens is 112 g/mol. The Labute approximate surface area is 57.3 Å². The van der Waals surface area contributed by atoms with Gasteiger partial charge in [0, 0.05) is 0 Å². The van der Waals surface area contributed by atoms with E-state index in [-0.39, 0.29) is 0 Å². The van der Waals surface area contributed by atoms with Crippen LogP contribution in [0.1, 0.15) is 39.5 Å². The first kappa shape index (κ1) is 11.2. The lowest BCUT2D eigenvalue weighted by Gasteiger charge is -1.86. The molecule has 0 heterocycles. The molecule has 9 heavy (non-hydrogen) atoms. The summed E-state index contributed by atoms with van der Waals surface area (Å²) in [6.07, 6.45) is 5.54. The van der Waals surface area contributed by atoms with Crippen LogP contribution >= 0.6 is 0 Å². The molecule has 0 aliphatic heterocycles. The Bertz CT molecular complexity index is 59.3. The van der Waals surface area contributed by atoms with Crippen LogP contribution in [-0.2, 0) is 0 Å². The van der Waals surface area contributed by atoms with Crippen LogP contribution in [0, 0.1) is 10.8 Å². The van der Waals surface area contributed by atoms with Crippen molar-refractivity contribution in [3.63, 3.8) is 0 Å². The molecule has 0 spiro atoms. The largest absolute Gasteiger partial charge is 0.242 e. The molecule has 0 rings (SSSR count). The molecule has 0 aromatic rings. The molecule has 2 nitrogen and oxygen atoms in total. The zero-order valence-corrected chi connectivity index (χ0v) is 6.33. The van der Waals surface area contributed by atoms with Gasteiger partial charge in [-0.1, -0.05) is 39.5 Å². The summed E-state index contributed by atoms with van der Waals surface area (Å²) >= 11 is 0. The predicted octanol–water partition coefficient (Wildman–Crippen LogP) is 2.90. The number of rotatable bonds is 3. The highest BCUT2D eigenvalue weighted by Crippen LogP contribution is 1.95. The van der Waals surface area contributed by atoms with E-state index in [9.17, 15) is 0 Å². The Morgan fingerprint density at radius 2 is 1.22 bits per heavy atom. The third-order valence-electron chi connectivity index (χ3n) is 0.957. The number of unbranched alkanes of at least 4 members (excludes halogenated alkanes) is 3. The van der Waals surface area contributed by atoms with Gasteiger partial charge in [-0.3, -0.25) is 0 Å². The first-order valence-corrected chi connectivity index (χ1v) is 3.41. The molecule has 0 aromatic carbocycles. The zero-order chi connectivity index (χ0) is 7.54. The van der Waals surface area contributed by atoms with Gasteiger partial charge in [0.1, 0.15) is 0 Å². The summed E-state index contributed by atoms with van der Waals surface area (Å²) in [5.41, 5.74) is 0. The summed E-state index contributed by atoms with van der Waals surface area (Å²) in [5, 5.41) is 11.2. The Balaban J connectivity index is 0. The van der Waals surface area contributed by atoms with Crippen LogP contribution in [0.3, 0.4) is 0 Å². The smallest absolute Gasteiger partial charge is 0.0831 e. The van der Waals surface area contributed by atoms with Gasteiger partial charge in [-0.2, -0.15) is 0 Å². The van der Waals surface area contributed by atoms with Gasteiger partial charge in [0.05, 0.1) is 6.01 Å². The third kappa shape index (κ3) is 37.7. The van der Waals surface area contributed by atoms with Crippen LogP contribution in [-0.4, -0.2) is 6.01 Å². The van der Waals surface area contributed by atoms with E-state index < -0.39 is 0 Å². The lowest BCUT2D eigenvalue weighted by Crippen LogP contribution is -1.66. The molecule has 0 amide bonds. The zero-order valence-electron chi connectivity index (χ0n) is 6.33. The van der Waals surface area contributed by atoms with Crippen LogP contribution in [0.4, 0.5) is 0 Å². The van der Waals surface area contributed by atoms with Gasteiger partial charge in [0.25, 0.3) is 0 Å². The highest BCUT2D eigenvalue weighted by molar-refractivity contribution is 5.29. The monoisotopic (exact) mass is 128 g/mol. The fourth-order valence-corrected chi connectivity index (χ4v) is 0.500. The number of hydrogen-bond acceptors (Lipinski definition) is 2. The molecule has 0 radical (unpaired) electrons. The molecule has 54 valence electrons. The molecule has 0 aliphatic rings. The SMILES string of the molecule is CCCCCC.N=C=N. The molecular formula is C7H16N2. The fraction of sp³-hybridized carbons (Fsp3) is 0.857. The second-order valence-electron chi connectivity index (χ2n) is 1.83. The second kappa shape index (κ2) is 15.7. The number of nitrogens with one attached hydrogen (secondary N) is 2. The van der Waals surface area contributed by atoms with Crippen LogP contribution < -0.4 is 0 Å². The van der Waals surface area contributed by atoms with Gasteiger partial charge < -0.3 is 0 Å². The summed E-state index contributed by atoms with van der Waals surface area (Å²) in [4.78, 5) is 0. The van der Waals surface area contributed by atoms with Crippen molar-refractivity contribution in [2.75, 3.05) is 0 Å². The van der Waals surface area contributed by atoms with Gasteiger partial charge in [0.2, 0.25) is 0 Å². The van der Waals surface area contributed by atoms with E-state index in [1.165, 1.54) is 31.7 Å². The standard InChI is InChI=1S/C6H14.CH2N2/c1-3-5-6-4-2;2-1-3/h3-6H2,1-2H3;2-3H. The van der Waals surface area contributed by atoms with E-state index in [0.29, 0.717) is 0 Å². The van der Waals surface area contributed by atoms with Crippen molar-refractivity contribution in [1.29, 1.82) is 10.8 Å². The van der Waals surface area contributed by atoms with Gasteiger partial charge >= 0.3 is 0 Å². The molecule has 0 unspecified atom stereocenters. The summed E-state index contributed by atoms with van der Waals surface area (Å²) in [6.45, 7) is 4.46. The van der Waals surface area contributed by atoms with Crippen molar-refractivity contribution in [3.05, 3.63) is 0 Å². The number of hydrogen-bond donors (Lipinski definition) is 2. The topological polar surface area (TPSA) is 47.7 Å². The minimum Gasteiger partial charge on any atom is -0.242 e. The maximum absolute atomic E-state index is 5.62. The van der Waals surface area contributed by atoms with Gasteiger partial charge in [-0.05, 0) is 0 Å². The van der Waals surface area contributed by atoms with E-state index in [0.717, 1.165) is 0 Å². The van der Waals surface area contributed by atoms with Crippen LogP contribution in [0.25, 0.3) is 0 Å². The van der Waals surface area contributed by atoms with Gasteiger partial charge in [0.15, 0.2) is 0 Å². The van der Waals surface area contributed by atoms with Gasteiger partial charge in [-0.25, -0.2) is 10.8 Å². The normalized spacial score (nSPS) is 6.89. The molecule has 0 atom stereocenters. The average Bonchev–Trinajstić information content (AvgIpc) is 1.86. The van der Waals surface area contributed by atoms with Crippen molar-refractivity contribution in [2.24, 2.45) is 0 Å². The van der Waals surface area contributed by atoms with Gasteiger partial charge in [-0.15, -0.1) is 0 Å². The molecule has 0 fully saturated rings. The Hall–Kier alpha value is -0.620. The maximum Gasteiger partial charge on any atom is 0.0831 e. The fourth-order valence-electron chi connectivity index (χ4n) is 0.500. The minimum atomic E-state index is 1.25. The van der Waals surface area contributed by atoms with E-state index >= 15 is 0 Å². The lowest BCUT2D eigenvalue weighted by atomic mass is 10.2. The van der Waals surface area contributed by atoms with E-state index in [1.807, 2.05) is 0 Å². The summed E-state index contributed by atoms with van der Waals surface area (Å²) in [7, 11) is 0. The summed E-state index contributed by atoms with van der Waals surface area (Å²) in [5.74, 6) is 0. The summed E-state index contributed by atoms with van der Waals surface area (Å²) in [6, 6.07) is 1.25. The Morgan fingerprint density at radius 3 is 1.33 bits per heavy atom. The molecule has 0 bridgehead atoms. The molecule has 0 saturated heterocycles. The predicted molar refractivity (Wildman–Crippen MR) is 40.3 cm³/mol. The lowest BCUT2D eigenvalue weighted by molar-refractivity contribution is 0.702. The van der Waals surface area contributed by atoms with Crippen molar-refractivity contribution >= 4 is 6.01 Å². The van der Waals surface area contributed by atoms with Crippen LogP contribution in [0.5, 0.6) is 0 Å². The molecule has 0 aliphatic carbocycles. The molecule has 0 saturated carbocycles. The maximum atomic E-state index is 5.62. The molecule has 2 heteroatoms. The van der Waals surface area contributed by atoms with E-state index in [2.05, 4.69) is 13.8 Å². The quantitative estimate of drug-likeness (QED) is 0.433. The first-order valence-electron chi connectivity index (χ1n) is 3.41. The molecule has 0 aromatic heterocycles. The van der Waals surface area contributed by atoms with Crippen LogP contribution in [0.2, 0.25) is 0 Å². The second-order valence-corrected chi connectivity index (χ2v) is 1.83. The summed E-state index contributed by atoms with van der Waals surface area (Å²) < 4.78 is 0. The van der Waals surface area contributed by atoms with Crippen LogP contribution in [0.15, 0.2) is 0 Å². The highest BCUT2D eigenvalue weighted by Gasteiger charge is 1.75.